The maximum Gasteiger partial charge on any atom is 0.416 e. The lowest BCUT2D eigenvalue weighted by Gasteiger charge is -2.22. The van der Waals surface area contributed by atoms with Gasteiger partial charge in [0, 0.05) is 19.2 Å². The van der Waals surface area contributed by atoms with E-state index in [0.717, 1.165) is 29.7 Å². The average molecular weight is 498 g/mol. The number of alkyl halides is 3. The van der Waals surface area contributed by atoms with Gasteiger partial charge >= 0.3 is 6.18 Å². The van der Waals surface area contributed by atoms with Crippen molar-refractivity contribution in [1.82, 2.24) is 10.3 Å². The number of benzene rings is 2. The first-order valence-corrected chi connectivity index (χ1v) is 11.8. The lowest BCUT2D eigenvalue weighted by atomic mass is 9.94. The zero-order valence-electron chi connectivity index (χ0n) is 20.5. The third-order valence-corrected chi connectivity index (χ3v) is 5.68. The summed E-state index contributed by atoms with van der Waals surface area (Å²) in [5.74, 6) is 0.737. The van der Waals surface area contributed by atoms with Crippen molar-refractivity contribution in [3.63, 3.8) is 0 Å². The number of rotatable bonds is 10. The summed E-state index contributed by atoms with van der Waals surface area (Å²) in [6, 6.07) is 16.2. The number of Topliss-reactive ketones (excluding diaryl/α,β-unsaturated/α-hetero) is 1. The molecule has 0 fully saturated rings. The molecule has 0 aliphatic carbocycles. The van der Waals surface area contributed by atoms with Crippen molar-refractivity contribution in [2.45, 2.75) is 45.8 Å². The molecule has 1 aromatic heterocycles. The molecule has 0 saturated heterocycles. The van der Waals surface area contributed by atoms with E-state index in [-0.39, 0.29) is 30.7 Å². The predicted octanol–water partition coefficient (Wildman–Crippen LogP) is 6.68. The fraction of sp³-hybridized carbons (Fsp3) is 0.321. The third kappa shape index (κ3) is 7.66. The van der Waals surface area contributed by atoms with Crippen molar-refractivity contribution in [2.24, 2.45) is 5.92 Å². The van der Waals surface area contributed by atoms with E-state index >= 15 is 0 Å². The minimum Gasteiger partial charge on any atom is -0.363 e. The fourth-order valence-electron chi connectivity index (χ4n) is 3.76. The zero-order chi connectivity index (χ0) is 26.3. The highest BCUT2D eigenvalue weighted by Gasteiger charge is 2.30. The Morgan fingerprint density at radius 1 is 0.917 bits per heavy atom. The Morgan fingerprint density at radius 3 is 2.03 bits per heavy atom. The molecule has 3 aromatic rings. The number of aromatic nitrogens is 1. The molecule has 0 unspecified atom stereocenters. The molecule has 0 aliphatic heterocycles. The van der Waals surface area contributed by atoms with Gasteiger partial charge in [0.1, 0.15) is 11.6 Å². The summed E-state index contributed by atoms with van der Waals surface area (Å²) < 4.78 is 38.5. The Hall–Kier alpha value is -3.68. The SMILES string of the molecule is CC(=O)CCNC(=O)c1ccc(N[C@H](CC(C)C)c2ccc(-c3ccc(C(F)(F)F)cc3)cc2)nc1. The second kappa shape index (κ2) is 11.8. The molecule has 190 valence electrons. The number of amides is 1. The molecular formula is C28H30F3N3O2. The van der Waals surface area contributed by atoms with Crippen LogP contribution >= 0.6 is 0 Å². The van der Waals surface area contributed by atoms with Crippen LogP contribution in [-0.4, -0.2) is 23.2 Å². The van der Waals surface area contributed by atoms with Crippen molar-refractivity contribution in [3.8, 4) is 11.1 Å². The maximum absolute atomic E-state index is 12.8. The van der Waals surface area contributed by atoms with Crippen molar-refractivity contribution in [3.05, 3.63) is 83.6 Å². The summed E-state index contributed by atoms with van der Waals surface area (Å²) >= 11 is 0. The van der Waals surface area contributed by atoms with Gasteiger partial charge in [0.15, 0.2) is 0 Å². The minimum absolute atomic E-state index is 0.0107. The van der Waals surface area contributed by atoms with Gasteiger partial charge in [-0.3, -0.25) is 9.59 Å². The van der Waals surface area contributed by atoms with Gasteiger partial charge in [-0.25, -0.2) is 4.98 Å². The lowest BCUT2D eigenvalue weighted by Crippen LogP contribution is -2.25. The van der Waals surface area contributed by atoms with Crippen LogP contribution in [0.2, 0.25) is 0 Å². The van der Waals surface area contributed by atoms with Gasteiger partial charge in [-0.05, 0) is 60.2 Å². The summed E-state index contributed by atoms with van der Waals surface area (Å²) in [5, 5.41) is 6.12. The number of carbonyl (C=O) groups is 2. The van der Waals surface area contributed by atoms with E-state index in [1.807, 2.05) is 24.3 Å². The predicted molar refractivity (Wildman–Crippen MR) is 135 cm³/mol. The number of anilines is 1. The first kappa shape index (κ1) is 26.9. The third-order valence-electron chi connectivity index (χ3n) is 5.68. The Bertz CT molecular complexity index is 1160. The topological polar surface area (TPSA) is 71.1 Å². The Labute approximate surface area is 209 Å². The Kier molecular flexibility index (Phi) is 8.85. The number of ketones is 1. The van der Waals surface area contributed by atoms with Gasteiger partial charge in [-0.1, -0.05) is 50.2 Å². The first-order valence-electron chi connectivity index (χ1n) is 11.8. The van der Waals surface area contributed by atoms with Gasteiger partial charge in [-0.15, -0.1) is 0 Å². The van der Waals surface area contributed by atoms with Crippen LogP contribution in [0.4, 0.5) is 19.0 Å². The van der Waals surface area contributed by atoms with Crippen molar-refractivity contribution >= 4 is 17.5 Å². The summed E-state index contributed by atoms with van der Waals surface area (Å²) in [5.41, 5.74) is 2.30. The molecule has 5 nitrogen and oxygen atoms in total. The van der Waals surface area contributed by atoms with Crippen molar-refractivity contribution in [1.29, 1.82) is 0 Å². The van der Waals surface area contributed by atoms with Crippen LogP contribution in [0, 0.1) is 5.92 Å². The largest absolute Gasteiger partial charge is 0.416 e. The van der Waals surface area contributed by atoms with Gasteiger partial charge in [0.05, 0.1) is 17.2 Å². The smallest absolute Gasteiger partial charge is 0.363 e. The van der Waals surface area contributed by atoms with Crippen LogP contribution < -0.4 is 10.6 Å². The van der Waals surface area contributed by atoms with Gasteiger partial charge < -0.3 is 10.6 Å². The zero-order valence-corrected chi connectivity index (χ0v) is 20.5. The van der Waals surface area contributed by atoms with Gasteiger partial charge in [0.2, 0.25) is 0 Å². The quantitative estimate of drug-likeness (QED) is 0.328. The second-order valence-corrected chi connectivity index (χ2v) is 9.16. The summed E-state index contributed by atoms with van der Waals surface area (Å²) in [7, 11) is 0. The molecule has 3 rings (SSSR count). The summed E-state index contributed by atoms with van der Waals surface area (Å²) in [4.78, 5) is 27.6. The molecule has 2 N–H and O–H groups in total. The molecule has 8 heteroatoms. The normalized spacial score (nSPS) is 12.3. The van der Waals surface area contributed by atoms with Crippen LogP contribution in [-0.2, 0) is 11.0 Å². The summed E-state index contributed by atoms with van der Waals surface area (Å²) in [6.45, 7) is 6.00. The minimum atomic E-state index is -4.36. The van der Waals surface area contributed by atoms with Crippen LogP contribution in [0.1, 0.15) is 61.1 Å². The molecule has 0 spiro atoms. The van der Waals surface area contributed by atoms with Gasteiger partial charge in [-0.2, -0.15) is 13.2 Å². The van der Waals surface area contributed by atoms with Crippen molar-refractivity contribution in [2.75, 3.05) is 11.9 Å². The van der Waals surface area contributed by atoms with Gasteiger partial charge in [0.25, 0.3) is 5.91 Å². The van der Waals surface area contributed by atoms with E-state index in [2.05, 4.69) is 29.5 Å². The molecule has 0 saturated carbocycles. The molecule has 36 heavy (non-hydrogen) atoms. The van der Waals surface area contributed by atoms with Crippen LogP contribution in [0.5, 0.6) is 0 Å². The molecular weight excluding hydrogens is 467 g/mol. The molecule has 0 bridgehead atoms. The number of pyridine rings is 1. The Morgan fingerprint density at radius 2 is 1.53 bits per heavy atom. The molecule has 1 heterocycles. The highest BCUT2D eigenvalue weighted by molar-refractivity contribution is 5.94. The standard InChI is InChI=1S/C28H30F3N3O2/c1-18(2)16-25(34-26-13-10-23(17-33-26)27(36)32-15-14-19(3)35)22-6-4-20(5-7-22)21-8-11-24(12-9-21)28(29,30)31/h4-13,17-18,25H,14-16H2,1-3H3,(H,32,36)(H,33,34)/t25-/m1/s1. The molecule has 0 radical (unpaired) electrons. The molecule has 2 aromatic carbocycles. The first-order chi connectivity index (χ1) is 17.0. The number of halogens is 3. The summed E-state index contributed by atoms with van der Waals surface area (Å²) in [6.07, 6.45) is -1.75. The number of nitrogens with zero attached hydrogens (tertiary/aromatic N) is 1. The molecule has 0 aliphatic rings. The monoisotopic (exact) mass is 497 g/mol. The Balaban J connectivity index is 1.70. The van der Waals surface area contributed by atoms with Crippen LogP contribution in [0.25, 0.3) is 11.1 Å². The number of hydrogen-bond acceptors (Lipinski definition) is 4. The van der Waals surface area contributed by atoms with Crippen molar-refractivity contribution < 1.29 is 22.8 Å². The highest BCUT2D eigenvalue weighted by Crippen LogP contribution is 2.32. The van der Waals surface area contributed by atoms with E-state index < -0.39 is 11.7 Å². The van der Waals surface area contributed by atoms with E-state index in [9.17, 15) is 22.8 Å². The highest BCUT2D eigenvalue weighted by atomic mass is 19.4. The fourth-order valence-corrected chi connectivity index (χ4v) is 3.76. The van der Waals surface area contributed by atoms with Crippen LogP contribution in [0.15, 0.2) is 66.9 Å². The average Bonchev–Trinajstić information content (AvgIpc) is 2.83. The maximum atomic E-state index is 12.8. The van der Waals surface area contributed by atoms with E-state index in [0.29, 0.717) is 22.9 Å². The van der Waals surface area contributed by atoms with E-state index in [4.69, 9.17) is 0 Å². The number of nitrogens with one attached hydrogen (secondary N) is 2. The molecule has 1 amide bonds. The second-order valence-electron chi connectivity index (χ2n) is 9.16. The molecule has 1 atom stereocenters. The lowest BCUT2D eigenvalue weighted by molar-refractivity contribution is -0.137. The number of carbonyl (C=O) groups excluding carboxylic acids is 2. The van der Waals surface area contributed by atoms with E-state index in [1.54, 1.807) is 12.1 Å². The van der Waals surface area contributed by atoms with Crippen LogP contribution in [0.3, 0.4) is 0 Å². The van der Waals surface area contributed by atoms with E-state index in [1.165, 1.54) is 25.3 Å². The number of hydrogen-bond donors (Lipinski definition) is 2.